The number of hydrogen-bond donors (Lipinski definition) is 2. The molecule has 128 valence electrons. The SMILES string of the molecule is CCC(C)C(N)C(=O)Nc1ccc(OCC2CCOCC2)cc1. The first kappa shape index (κ1) is 17.8. The molecule has 23 heavy (non-hydrogen) atoms. The fraction of sp³-hybridized carbons (Fsp3) is 0.611. The number of hydrogen-bond acceptors (Lipinski definition) is 4. The molecule has 2 rings (SSSR count). The van der Waals surface area contributed by atoms with Crippen LogP contribution in [0.25, 0.3) is 0 Å². The van der Waals surface area contributed by atoms with Gasteiger partial charge in [-0.25, -0.2) is 0 Å². The van der Waals surface area contributed by atoms with E-state index in [1.54, 1.807) is 0 Å². The molecule has 1 aliphatic rings. The van der Waals surface area contributed by atoms with Crippen LogP contribution < -0.4 is 15.8 Å². The topological polar surface area (TPSA) is 73.6 Å². The molecule has 0 radical (unpaired) electrons. The van der Waals surface area contributed by atoms with E-state index < -0.39 is 6.04 Å². The number of benzene rings is 1. The first-order valence-corrected chi connectivity index (χ1v) is 8.47. The average molecular weight is 320 g/mol. The Hall–Kier alpha value is -1.59. The Morgan fingerprint density at radius 2 is 2.00 bits per heavy atom. The molecule has 0 aliphatic carbocycles. The van der Waals surface area contributed by atoms with Crippen molar-refractivity contribution in [1.29, 1.82) is 0 Å². The van der Waals surface area contributed by atoms with Gasteiger partial charge in [0.2, 0.25) is 5.91 Å². The first-order valence-electron chi connectivity index (χ1n) is 8.47. The molecule has 2 unspecified atom stereocenters. The lowest BCUT2D eigenvalue weighted by Gasteiger charge is -2.22. The quantitative estimate of drug-likeness (QED) is 0.810. The summed E-state index contributed by atoms with van der Waals surface area (Å²) in [5, 5.41) is 2.85. The van der Waals surface area contributed by atoms with Gasteiger partial charge in [-0.3, -0.25) is 4.79 Å². The van der Waals surface area contributed by atoms with E-state index in [1.807, 2.05) is 38.1 Å². The summed E-state index contributed by atoms with van der Waals surface area (Å²) in [5.41, 5.74) is 6.68. The number of amides is 1. The van der Waals surface area contributed by atoms with E-state index in [0.29, 0.717) is 12.5 Å². The van der Waals surface area contributed by atoms with Crippen molar-refractivity contribution in [3.05, 3.63) is 24.3 Å². The van der Waals surface area contributed by atoms with Gasteiger partial charge in [0.05, 0.1) is 12.6 Å². The van der Waals surface area contributed by atoms with Gasteiger partial charge in [0.25, 0.3) is 0 Å². The highest BCUT2D eigenvalue weighted by Crippen LogP contribution is 2.20. The maximum absolute atomic E-state index is 12.1. The van der Waals surface area contributed by atoms with Crippen LogP contribution in [0.2, 0.25) is 0 Å². The maximum Gasteiger partial charge on any atom is 0.241 e. The molecule has 0 spiro atoms. The van der Waals surface area contributed by atoms with Crippen LogP contribution in [-0.2, 0) is 9.53 Å². The van der Waals surface area contributed by atoms with Gasteiger partial charge in [-0.15, -0.1) is 0 Å². The fourth-order valence-corrected chi connectivity index (χ4v) is 2.50. The number of ether oxygens (including phenoxy) is 2. The summed E-state index contributed by atoms with van der Waals surface area (Å²) in [6, 6.07) is 6.97. The smallest absolute Gasteiger partial charge is 0.241 e. The number of rotatable bonds is 7. The van der Waals surface area contributed by atoms with Gasteiger partial charge in [0.1, 0.15) is 5.75 Å². The zero-order valence-corrected chi connectivity index (χ0v) is 14.1. The second kappa shape index (κ2) is 8.89. The minimum atomic E-state index is -0.482. The summed E-state index contributed by atoms with van der Waals surface area (Å²) in [4.78, 5) is 12.1. The van der Waals surface area contributed by atoms with Gasteiger partial charge < -0.3 is 20.5 Å². The summed E-state index contributed by atoms with van der Waals surface area (Å²) in [7, 11) is 0. The molecule has 1 amide bonds. The van der Waals surface area contributed by atoms with Crippen molar-refractivity contribution in [3.8, 4) is 5.75 Å². The molecule has 1 aromatic rings. The highest BCUT2D eigenvalue weighted by atomic mass is 16.5. The summed E-state index contributed by atoms with van der Waals surface area (Å²) in [5.74, 6) is 1.41. The number of carbonyl (C=O) groups excluding carboxylic acids is 1. The Morgan fingerprint density at radius 1 is 1.35 bits per heavy atom. The van der Waals surface area contributed by atoms with Crippen LogP contribution in [0.4, 0.5) is 5.69 Å². The third kappa shape index (κ3) is 5.52. The maximum atomic E-state index is 12.1. The lowest BCUT2D eigenvalue weighted by Crippen LogP contribution is -2.40. The van der Waals surface area contributed by atoms with E-state index in [0.717, 1.165) is 43.9 Å². The van der Waals surface area contributed by atoms with E-state index in [4.69, 9.17) is 15.2 Å². The van der Waals surface area contributed by atoms with Gasteiger partial charge in [-0.05, 0) is 48.9 Å². The second-order valence-corrected chi connectivity index (χ2v) is 6.29. The number of nitrogens with two attached hydrogens (primary N) is 1. The number of carbonyl (C=O) groups is 1. The lowest BCUT2D eigenvalue weighted by molar-refractivity contribution is -0.118. The van der Waals surface area contributed by atoms with Crippen LogP contribution in [-0.4, -0.2) is 31.8 Å². The number of nitrogens with one attached hydrogen (secondary N) is 1. The molecule has 1 aromatic carbocycles. The Labute approximate surface area is 138 Å². The van der Waals surface area contributed by atoms with E-state index in [2.05, 4.69) is 5.32 Å². The molecule has 1 fully saturated rings. The molecule has 5 nitrogen and oxygen atoms in total. The van der Waals surface area contributed by atoms with Gasteiger partial charge in [0.15, 0.2) is 0 Å². The molecular formula is C18H28N2O3. The zero-order chi connectivity index (χ0) is 16.7. The molecule has 3 N–H and O–H groups in total. The summed E-state index contributed by atoms with van der Waals surface area (Å²) < 4.78 is 11.2. The van der Waals surface area contributed by atoms with Gasteiger partial charge in [0, 0.05) is 18.9 Å². The highest BCUT2D eigenvalue weighted by molar-refractivity contribution is 5.94. The minimum absolute atomic E-state index is 0.143. The number of anilines is 1. The van der Waals surface area contributed by atoms with Crippen molar-refractivity contribution in [3.63, 3.8) is 0 Å². The molecular weight excluding hydrogens is 292 g/mol. The van der Waals surface area contributed by atoms with E-state index in [9.17, 15) is 4.79 Å². The molecule has 0 aromatic heterocycles. The monoisotopic (exact) mass is 320 g/mol. The highest BCUT2D eigenvalue weighted by Gasteiger charge is 2.19. The van der Waals surface area contributed by atoms with Crippen LogP contribution in [0, 0.1) is 11.8 Å². The van der Waals surface area contributed by atoms with Crippen LogP contribution in [0.5, 0.6) is 5.75 Å². The van der Waals surface area contributed by atoms with Crippen molar-refractivity contribution in [1.82, 2.24) is 0 Å². The Kier molecular flexibility index (Phi) is 6.86. The average Bonchev–Trinajstić information content (AvgIpc) is 2.60. The lowest BCUT2D eigenvalue weighted by atomic mass is 9.99. The van der Waals surface area contributed by atoms with Crippen molar-refractivity contribution in [2.75, 3.05) is 25.1 Å². The van der Waals surface area contributed by atoms with E-state index in [1.165, 1.54) is 0 Å². The van der Waals surface area contributed by atoms with Crippen LogP contribution in [0.1, 0.15) is 33.1 Å². The minimum Gasteiger partial charge on any atom is -0.493 e. The summed E-state index contributed by atoms with van der Waals surface area (Å²) in [6.45, 7) is 6.39. The first-order chi connectivity index (χ1) is 11.1. The normalized spacial score (nSPS) is 18.2. The largest absolute Gasteiger partial charge is 0.493 e. The van der Waals surface area contributed by atoms with Crippen molar-refractivity contribution >= 4 is 11.6 Å². The zero-order valence-electron chi connectivity index (χ0n) is 14.1. The van der Waals surface area contributed by atoms with Crippen molar-refractivity contribution in [2.45, 2.75) is 39.2 Å². The fourth-order valence-electron chi connectivity index (χ4n) is 2.50. The van der Waals surface area contributed by atoms with Crippen LogP contribution >= 0.6 is 0 Å². The molecule has 0 bridgehead atoms. The van der Waals surface area contributed by atoms with Gasteiger partial charge in [-0.1, -0.05) is 20.3 Å². The predicted molar refractivity (Wildman–Crippen MR) is 91.5 cm³/mol. The van der Waals surface area contributed by atoms with Crippen molar-refractivity contribution in [2.24, 2.45) is 17.6 Å². The second-order valence-electron chi connectivity index (χ2n) is 6.29. The Balaban J connectivity index is 1.80. The molecule has 1 heterocycles. The van der Waals surface area contributed by atoms with Gasteiger partial charge in [-0.2, -0.15) is 0 Å². The molecule has 5 heteroatoms. The van der Waals surface area contributed by atoms with E-state index >= 15 is 0 Å². The molecule has 1 aliphatic heterocycles. The molecule has 0 saturated carbocycles. The third-order valence-corrected chi connectivity index (χ3v) is 4.51. The van der Waals surface area contributed by atoms with E-state index in [-0.39, 0.29) is 11.8 Å². The van der Waals surface area contributed by atoms with Gasteiger partial charge >= 0.3 is 0 Å². The Morgan fingerprint density at radius 3 is 2.61 bits per heavy atom. The molecule has 1 saturated heterocycles. The third-order valence-electron chi connectivity index (χ3n) is 4.51. The van der Waals surface area contributed by atoms with Crippen LogP contribution in [0.3, 0.4) is 0 Å². The Bertz CT molecular complexity index is 484. The summed E-state index contributed by atoms with van der Waals surface area (Å²) >= 11 is 0. The molecule has 2 atom stereocenters. The van der Waals surface area contributed by atoms with Crippen molar-refractivity contribution < 1.29 is 14.3 Å². The standard InChI is InChI=1S/C18H28N2O3/c1-3-13(2)17(19)18(21)20-15-4-6-16(7-5-15)23-12-14-8-10-22-11-9-14/h4-7,13-14,17H,3,8-12,19H2,1-2H3,(H,20,21). The predicted octanol–water partition coefficient (Wildman–Crippen LogP) is 2.80. The van der Waals surface area contributed by atoms with Crippen LogP contribution in [0.15, 0.2) is 24.3 Å². The summed E-state index contributed by atoms with van der Waals surface area (Å²) in [6.07, 6.45) is 3.00.